The minimum absolute atomic E-state index is 0.115. The molecule has 0 aliphatic rings. The number of nitrogens with zero attached hydrogens (tertiary/aromatic N) is 4. The van der Waals surface area contributed by atoms with Gasteiger partial charge in [0.05, 0.1) is 25.4 Å². The number of fused-ring (bicyclic) bond motifs is 1. The quantitative estimate of drug-likeness (QED) is 0.286. The summed E-state index contributed by atoms with van der Waals surface area (Å²) in [5, 5.41) is 11.5. The first-order chi connectivity index (χ1) is 19.3. The van der Waals surface area contributed by atoms with Gasteiger partial charge in [-0.05, 0) is 55.5 Å². The van der Waals surface area contributed by atoms with Crippen molar-refractivity contribution in [2.45, 2.75) is 46.7 Å². The van der Waals surface area contributed by atoms with E-state index in [1.807, 2.05) is 56.3 Å². The largest absolute Gasteiger partial charge is 0.493 e. The zero-order valence-electron chi connectivity index (χ0n) is 24.0. The first kappa shape index (κ1) is 28.6. The second-order valence-electron chi connectivity index (χ2n) is 10.2. The molecule has 0 aliphatic heterocycles. The number of nitrogens with one attached hydrogen (secondary N) is 1. The highest BCUT2D eigenvalue weighted by Crippen LogP contribution is 2.40. The molecule has 0 saturated heterocycles. The Kier molecular flexibility index (Phi) is 9.04. The average molecular weight is 544 g/mol. The van der Waals surface area contributed by atoms with Gasteiger partial charge in [0, 0.05) is 12.1 Å². The number of carbonyl (C=O) groups excluding carboxylic acids is 2. The van der Waals surface area contributed by atoms with Crippen molar-refractivity contribution in [3.8, 4) is 11.5 Å². The monoisotopic (exact) mass is 543 g/mol. The van der Waals surface area contributed by atoms with E-state index < -0.39 is 6.04 Å². The van der Waals surface area contributed by atoms with E-state index >= 15 is 0 Å². The maximum Gasteiger partial charge on any atom is 0.249 e. The number of anilines is 1. The second kappa shape index (κ2) is 12.6. The zero-order chi connectivity index (χ0) is 28.8. The molecular formula is C31H37N5O4. The van der Waals surface area contributed by atoms with Crippen molar-refractivity contribution in [3.63, 3.8) is 0 Å². The van der Waals surface area contributed by atoms with Crippen LogP contribution in [0.3, 0.4) is 0 Å². The molecule has 3 aromatic carbocycles. The molecule has 0 bridgehead atoms. The van der Waals surface area contributed by atoms with Gasteiger partial charge in [0.1, 0.15) is 18.1 Å². The third-order valence-corrected chi connectivity index (χ3v) is 6.91. The summed E-state index contributed by atoms with van der Waals surface area (Å²) in [6, 6.07) is 17.6. The fraction of sp³-hybridized carbons (Fsp3) is 0.355. The molecule has 0 fully saturated rings. The Morgan fingerprint density at radius 1 is 0.950 bits per heavy atom. The van der Waals surface area contributed by atoms with Crippen molar-refractivity contribution in [1.29, 1.82) is 0 Å². The van der Waals surface area contributed by atoms with Crippen molar-refractivity contribution in [1.82, 2.24) is 20.3 Å². The van der Waals surface area contributed by atoms with Crippen LogP contribution in [0.15, 0.2) is 60.7 Å². The number of carbonyl (C=O) groups is 2. The predicted octanol–water partition coefficient (Wildman–Crippen LogP) is 5.00. The number of ether oxygens (including phenoxy) is 2. The van der Waals surface area contributed by atoms with E-state index in [0.717, 1.165) is 23.1 Å². The van der Waals surface area contributed by atoms with Crippen LogP contribution < -0.4 is 19.7 Å². The Labute approximate surface area is 235 Å². The van der Waals surface area contributed by atoms with Gasteiger partial charge in [-0.1, -0.05) is 61.5 Å². The Hall–Kier alpha value is -4.40. The van der Waals surface area contributed by atoms with E-state index in [0.29, 0.717) is 40.7 Å². The molecule has 1 N–H and O–H groups in total. The molecule has 4 aromatic rings. The number of benzene rings is 3. The molecule has 2 amide bonds. The fourth-order valence-electron chi connectivity index (χ4n) is 4.93. The molecule has 210 valence electrons. The molecule has 9 heteroatoms. The molecule has 9 nitrogen and oxygen atoms in total. The van der Waals surface area contributed by atoms with Gasteiger partial charge in [0.2, 0.25) is 11.8 Å². The molecule has 0 saturated carbocycles. The molecule has 1 atom stereocenters. The number of hydrogen-bond acceptors (Lipinski definition) is 6. The van der Waals surface area contributed by atoms with Gasteiger partial charge in [0.15, 0.2) is 11.5 Å². The van der Waals surface area contributed by atoms with Crippen molar-refractivity contribution < 1.29 is 19.1 Å². The third-order valence-electron chi connectivity index (χ3n) is 6.91. The van der Waals surface area contributed by atoms with Crippen LogP contribution >= 0.6 is 0 Å². The maximum atomic E-state index is 14.4. The number of rotatable bonds is 11. The van der Waals surface area contributed by atoms with Crippen LogP contribution in [0, 0.1) is 19.8 Å². The Morgan fingerprint density at radius 3 is 2.33 bits per heavy atom. The van der Waals surface area contributed by atoms with Crippen LogP contribution in [0.4, 0.5) is 5.69 Å². The highest BCUT2D eigenvalue weighted by atomic mass is 16.5. The minimum Gasteiger partial charge on any atom is -0.493 e. The van der Waals surface area contributed by atoms with Crippen molar-refractivity contribution in [2.75, 3.05) is 25.7 Å². The lowest BCUT2D eigenvalue weighted by Gasteiger charge is -2.34. The molecule has 4 rings (SSSR count). The standard InChI is InChI=1S/C31H37N5O4/c1-20(2)17-18-32-31(38)29(23-13-10-16-26(39-5)30(23)40-6)36(28-21(3)11-9-12-22(28)4)27(37)19-35-25-15-8-7-14-24(25)33-34-35/h7-16,20,29H,17-19H2,1-6H3,(H,32,38). The summed E-state index contributed by atoms with van der Waals surface area (Å²) in [7, 11) is 3.07. The van der Waals surface area contributed by atoms with Crippen LogP contribution in [0.2, 0.25) is 0 Å². The molecule has 1 heterocycles. The van der Waals surface area contributed by atoms with E-state index in [9.17, 15) is 9.59 Å². The van der Waals surface area contributed by atoms with E-state index in [-0.39, 0.29) is 18.4 Å². The minimum atomic E-state index is -1.04. The highest BCUT2D eigenvalue weighted by Gasteiger charge is 2.37. The molecular weight excluding hydrogens is 506 g/mol. The topological polar surface area (TPSA) is 98.6 Å². The van der Waals surface area contributed by atoms with Crippen molar-refractivity contribution in [2.24, 2.45) is 5.92 Å². The average Bonchev–Trinajstić information content (AvgIpc) is 3.34. The van der Waals surface area contributed by atoms with Crippen molar-refractivity contribution >= 4 is 28.5 Å². The zero-order valence-corrected chi connectivity index (χ0v) is 24.0. The van der Waals surface area contributed by atoms with Crippen LogP contribution in [-0.4, -0.2) is 47.6 Å². The third kappa shape index (κ3) is 5.93. The summed E-state index contributed by atoms with van der Waals surface area (Å²) < 4.78 is 12.9. The summed E-state index contributed by atoms with van der Waals surface area (Å²) in [4.78, 5) is 30.1. The van der Waals surface area contributed by atoms with Gasteiger partial charge in [0.25, 0.3) is 0 Å². The lowest BCUT2D eigenvalue weighted by Crippen LogP contribution is -2.46. The second-order valence-corrected chi connectivity index (χ2v) is 10.2. The predicted molar refractivity (Wildman–Crippen MR) is 156 cm³/mol. The Bertz CT molecular complexity index is 1480. The Balaban J connectivity index is 1.90. The molecule has 40 heavy (non-hydrogen) atoms. The summed E-state index contributed by atoms with van der Waals surface area (Å²) in [6.07, 6.45) is 0.802. The summed E-state index contributed by atoms with van der Waals surface area (Å²) in [5.41, 5.74) is 4.31. The number of aryl methyl sites for hydroxylation is 2. The lowest BCUT2D eigenvalue weighted by atomic mass is 9.98. The molecule has 1 unspecified atom stereocenters. The molecule has 0 aliphatic carbocycles. The lowest BCUT2D eigenvalue weighted by molar-refractivity contribution is -0.127. The molecule has 1 aromatic heterocycles. The van der Waals surface area contributed by atoms with Gasteiger partial charge >= 0.3 is 0 Å². The van der Waals surface area contributed by atoms with Crippen LogP contribution in [0.1, 0.15) is 43.0 Å². The highest BCUT2D eigenvalue weighted by molar-refractivity contribution is 6.03. The van der Waals surface area contributed by atoms with E-state index in [1.165, 1.54) is 7.11 Å². The Morgan fingerprint density at radius 2 is 1.65 bits per heavy atom. The van der Waals surface area contributed by atoms with Crippen LogP contribution in [0.5, 0.6) is 11.5 Å². The van der Waals surface area contributed by atoms with Gasteiger partial charge in [-0.3, -0.25) is 14.5 Å². The molecule has 0 radical (unpaired) electrons. The summed E-state index contributed by atoms with van der Waals surface area (Å²) in [6.45, 7) is 8.43. The van der Waals surface area contributed by atoms with Crippen LogP contribution in [0.25, 0.3) is 11.0 Å². The van der Waals surface area contributed by atoms with Gasteiger partial charge < -0.3 is 14.8 Å². The number of para-hydroxylation sites is 3. The summed E-state index contributed by atoms with van der Waals surface area (Å²) in [5.74, 6) is 0.635. The van der Waals surface area contributed by atoms with E-state index in [2.05, 4.69) is 29.5 Å². The van der Waals surface area contributed by atoms with Gasteiger partial charge in [-0.2, -0.15) is 0 Å². The SMILES string of the molecule is COc1cccc(C(C(=O)NCCC(C)C)N(C(=O)Cn2nnc3ccccc32)c2c(C)cccc2C)c1OC. The maximum absolute atomic E-state index is 14.4. The van der Waals surface area contributed by atoms with Crippen molar-refractivity contribution in [3.05, 3.63) is 77.4 Å². The first-order valence-electron chi connectivity index (χ1n) is 13.4. The van der Waals surface area contributed by atoms with Gasteiger partial charge in [-0.15, -0.1) is 5.10 Å². The fourth-order valence-corrected chi connectivity index (χ4v) is 4.93. The first-order valence-corrected chi connectivity index (χ1v) is 13.4. The van der Waals surface area contributed by atoms with Crippen LogP contribution in [-0.2, 0) is 16.1 Å². The summed E-state index contributed by atoms with van der Waals surface area (Å²) >= 11 is 0. The molecule has 0 spiro atoms. The number of hydrogen-bond donors (Lipinski definition) is 1. The van der Waals surface area contributed by atoms with E-state index in [1.54, 1.807) is 34.9 Å². The van der Waals surface area contributed by atoms with Gasteiger partial charge in [-0.25, -0.2) is 4.68 Å². The number of methoxy groups -OCH3 is 2. The smallest absolute Gasteiger partial charge is 0.249 e. The normalized spacial score (nSPS) is 11.9. The van der Waals surface area contributed by atoms with E-state index in [4.69, 9.17) is 9.47 Å². The number of aromatic nitrogens is 3. The number of amides is 2.